The van der Waals surface area contributed by atoms with E-state index in [0.29, 0.717) is 5.92 Å². The van der Waals surface area contributed by atoms with Crippen LogP contribution in [0.25, 0.3) is 0 Å². The third-order valence-corrected chi connectivity index (χ3v) is 3.75. The zero-order valence-electron chi connectivity index (χ0n) is 10.9. The van der Waals surface area contributed by atoms with Gasteiger partial charge in [-0.05, 0) is 42.2 Å². The number of oxime groups is 1. The van der Waals surface area contributed by atoms with E-state index in [4.69, 9.17) is 4.74 Å². The average Bonchev–Trinajstić information content (AvgIpc) is 2.46. The van der Waals surface area contributed by atoms with Crippen LogP contribution in [0.15, 0.2) is 29.4 Å². The second-order valence-corrected chi connectivity index (χ2v) is 4.98. The highest BCUT2D eigenvalue weighted by Crippen LogP contribution is 2.28. The van der Waals surface area contributed by atoms with Crippen LogP contribution in [0.2, 0.25) is 0 Å². The molecule has 0 spiro atoms. The van der Waals surface area contributed by atoms with Crippen LogP contribution >= 0.6 is 0 Å². The fraction of sp³-hybridized carbons (Fsp3) is 0.533. The SMILES string of the molecule is COc1ccc(C(CC2CCCCC2)=NO)cc1. The summed E-state index contributed by atoms with van der Waals surface area (Å²) in [4.78, 5) is 0. The van der Waals surface area contributed by atoms with Gasteiger partial charge in [-0.1, -0.05) is 37.3 Å². The summed E-state index contributed by atoms with van der Waals surface area (Å²) in [6.07, 6.45) is 7.37. The van der Waals surface area contributed by atoms with Gasteiger partial charge in [-0.3, -0.25) is 0 Å². The third kappa shape index (κ3) is 3.25. The molecule has 1 aliphatic rings. The van der Waals surface area contributed by atoms with Crippen LogP contribution in [0.3, 0.4) is 0 Å². The van der Waals surface area contributed by atoms with Crippen molar-refractivity contribution in [3.63, 3.8) is 0 Å². The first-order valence-electron chi connectivity index (χ1n) is 6.69. The number of methoxy groups -OCH3 is 1. The van der Waals surface area contributed by atoms with Crippen LogP contribution in [0.5, 0.6) is 5.75 Å². The minimum atomic E-state index is 0.673. The van der Waals surface area contributed by atoms with Crippen molar-refractivity contribution in [1.29, 1.82) is 0 Å². The molecule has 0 radical (unpaired) electrons. The summed E-state index contributed by atoms with van der Waals surface area (Å²) in [5, 5.41) is 12.7. The first-order chi connectivity index (χ1) is 8.83. The van der Waals surface area contributed by atoms with Crippen LogP contribution in [0.1, 0.15) is 44.1 Å². The molecule has 0 unspecified atom stereocenters. The van der Waals surface area contributed by atoms with E-state index in [9.17, 15) is 5.21 Å². The van der Waals surface area contributed by atoms with E-state index < -0.39 is 0 Å². The number of hydrogen-bond donors (Lipinski definition) is 1. The second kappa shape index (κ2) is 6.43. The Hall–Kier alpha value is -1.51. The second-order valence-electron chi connectivity index (χ2n) is 4.98. The Labute approximate surface area is 108 Å². The number of rotatable bonds is 4. The molecule has 0 amide bonds. The van der Waals surface area contributed by atoms with Crippen molar-refractivity contribution in [1.82, 2.24) is 0 Å². The summed E-state index contributed by atoms with van der Waals surface area (Å²) < 4.78 is 5.13. The van der Waals surface area contributed by atoms with Gasteiger partial charge in [-0.15, -0.1) is 0 Å². The number of ether oxygens (including phenoxy) is 1. The lowest BCUT2D eigenvalue weighted by Crippen LogP contribution is -2.13. The lowest BCUT2D eigenvalue weighted by atomic mass is 9.84. The van der Waals surface area contributed by atoms with E-state index in [-0.39, 0.29) is 0 Å². The first kappa shape index (κ1) is 12.9. The van der Waals surface area contributed by atoms with Crippen LogP contribution in [-0.4, -0.2) is 18.0 Å². The highest BCUT2D eigenvalue weighted by atomic mass is 16.5. The molecule has 1 aromatic rings. The molecular formula is C15H21NO2. The van der Waals surface area contributed by atoms with Gasteiger partial charge >= 0.3 is 0 Å². The summed E-state index contributed by atoms with van der Waals surface area (Å²) in [5.41, 5.74) is 1.79. The maximum atomic E-state index is 9.19. The predicted octanol–water partition coefficient (Wildman–Crippen LogP) is 3.84. The highest BCUT2D eigenvalue weighted by molar-refractivity contribution is 6.00. The van der Waals surface area contributed by atoms with Gasteiger partial charge in [0.05, 0.1) is 12.8 Å². The van der Waals surface area contributed by atoms with E-state index in [0.717, 1.165) is 23.4 Å². The van der Waals surface area contributed by atoms with Crippen molar-refractivity contribution >= 4 is 5.71 Å². The van der Waals surface area contributed by atoms with Crippen LogP contribution in [0.4, 0.5) is 0 Å². The monoisotopic (exact) mass is 247 g/mol. The largest absolute Gasteiger partial charge is 0.497 e. The van der Waals surface area contributed by atoms with Crippen LogP contribution in [0, 0.1) is 5.92 Å². The molecule has 1 saturated carbocycles. The Morgan fingerprint density at radius 3 is 2.44 bits per heavy atom. The highest BCUT2D eigenvalue weighted by Gasteiger charge is 2.17. The lowest BCUT2D eigenvalue weighted by molar-refractivity contribution is 0.312. The van der Waals surface area contributed by atoms with Gasteiger partial charge in [0.15, 0.2) is 0 Å². The number of hydrogen-bond acceptors (Lipinski definition) is 3. The summed E-state index contributed by atoms with van der Waals surface area (Å²) in [7, 11) is 1.65. The molecular weight excluding hydrogens is 226 g/mol. The third-order valence-electron chi connectivity index (χ3n) is 3.75. The Morgan fingerprint density at radius 1 is 1.22 bits per heavy atom. The molecule has 98 valence electrons. The van der Waals surface area contributed by atoms with Crippen molar-refractivity contribution in [3.8, 4) is 5.75 Å². The van der Waals surface area contributed by atoms with Gasteiger partial charge in [0.25, 0.3) is 0 Å². The van der Waals surface area contributed by atoms with E-state index in [2.05, 4.69) is 5.16 Å². The summed E-state index contributed by atoms with van der Waals surface area (Å²) in [6, 6.07) is 7.72. The average molecular weight is 247 g/mol. The summed E-state index contributed by atoms with van der Waals surface area (Å²) in [6.45, 7) is 0. The normalized spacial score (nSPS) is 17.7. The Kier molecular flexibility index (Phi) is 4.62. The molecule has 1 fully saturated rings. The summed E-state index contributed by atoms with van der Waals surface area (Å²) in [5.74, 6) is 1.50. The number of nitrogens with zero attached hydrogens (tertiary/aromatic N) is 1. The Morgan fingerprint density at radius 2 is 1.89 bits per heavy atom. The fourth-order valence-corrected chi connectivity index (χ4v) is 2.66. The lowest BCUT2D eigenvalue weighted by Gasteiger charge is -2.21. The van der Waals surface area contributed by atoms with Gasteiger partial charge in [0.1, 0.15) is 5.75 Å². The molecule has 1 aromatic carbocycles. The van der Waals surface area contributed by atoms with Gasteiger partial charge in [-0.2, -0.15) is 0 Å². The molecule has 0 saturated heterocycles. The van der Waals surface area contributed by atoms with Crippen molar-refractivity contribution < 1.29 is 9.94 Å². The predicted molar refractivity (Wildman–Crippen MR) is 72.5 cm³/mol. The fourth-order valence-electron chi connectivity index (χ4n) is 2.66. The minimum Gasteiger partial charge on any atom is -0.497 e. The smallest absolute Gasteiger partial charge is 0.118 e. The van der Waals surface area contributed by atoms with Crippen LogP contribution in [-0.2, 0) is 0 Å². The molecule has 3 nitrogen and oxygen atoms in total. The van der Waals surface area contributed by atoms with Gasteiger partial charge in [-0.25, -0.2) is 0 Å². The molecule has 18 heavy (non-hydrogen) atoms. The standard InChI is InChI=1S/C15H21NO2/c1-18-14-9-7-13(8-10-14)15(16-17)11-12-5-3-2-4-6-12/h7-10,12,17H,2-6,11H2,1H3. The van der Waals surface area contributed by atoms with E-state index in [1.54, 1.807) is 7.11 Å². The molecule has 1 aliphatic carbocycles. The minimum absolute atomic E-state index is 0.673. The van der Waals surface area contributed by atoms with E-state index >= 15 is 0 Å². The van der Waals surface area contributed by atoms with Crippen LogP contribution < -0.4 is 4.74 Å². The molecule has 0 atom stereocenters. The molecule has 2 rings (SSSR count). The van der Waals surface area contributed by atoms with Crippen molar-refractivity contribution in [2.75, 3.05) is 7.11 Å². The number of benzene rings is 1. The van der Waals surface area contributed by atoms with Crippen molar-refractivity contribution in [2.45, 2.75) is 38.5 Å². The van der Waals surface area contributed by atoms with E-state index in [1.165, 1.54) is 32.1 Å². The first-order valence-corrected chi connectivity index (χ1v) is 6.69. The molecule has 3 heteroatoms. The van der Waals surface area contributed by atoms with E-state index in [1.807, 2.05) is 24.3 Å². The van der Waals surface area contributed by atoms with Crippen molar-refractivity contribution in [3.05, 3.63) is 29.8 Å². The molecule has 0 aromatic heterocycles. The van der Waals surface area contributed by atoms with Crippen molar-refractivity contribution in [2.24, 2.45) is 11.1 Å². The molecule has 0 heterocycles. The quantitative estimate of drug-likeness (QED) is 0.499. The summed E-state index contributed by atoms with van der Waals surface area (Å²) >= 11 is 0. The molecule has 1 N–H and O–H groups in total. The zero-order valence-corrected chi connectivity index (χ0v) is 10.9. The maximum absolute atomic E-state index is 9.19. The zero-order chi connectivity index (χ0) is 12.8. The molecule has 0 bridgehead atoms. The molecule has 0 aliphatic heterocycles. The van der Waals surface area contributed by atoms with Gasteiger partial charge < -0.3 is 9.94 Å². The topological polar surface area (TPSA) is 41.8 Å². The Balaban J connectivity index is 2.03. The Bertz CT molecular complexity index is 391. The maximum Gasteiger partial charge on any atom is 0.118 e. The van der Waals surface area contributed by atoms with Gasteiger partial charge in [0, 0.05) is 0 Å². The van der Waals surface area contributed by atoms with Gasteiger partial charge in [0.2, 0.25) is 0 Å².